The third kappa shape index (κ3) is 26.6. The Hall–Kier alpha value is -10.7. The lowest BCUT2D eigenvalue weighted by Gasteiger charge is -2.28. The van der Waals surface area contributed by atoms with Crippen molar-refractivity contribution in [3.63, 3.8) is 0 Å². The minimum atomic E-state index is -0.466. The van der Waals surface area contributed by atoms with Crippen molar-refractivity contribution in [3.8, 4) is 54.1 Å². The fraction of sp³-hybridized carbons (Fsp3) is 0.291. The summed E-state index contributed by atoms with van der Waals surface area (Å²) in [5, 5.41) is 22.4. The van der Waals surface area contributed by atoms with Crippen LogP contribution < -0.4 is 5.32 Å². The molecular weight excluding hydrogens is 1580 g/mol. The third-order valence-corrected chi connectivity index (χ3v) is 27.1. The number of rotatable bonds is 33. The monoisotopic (exact) mass is 1690 g/mol. The molecule has 0 radical (unpaired) electrons. The first kappa shape index (κ1) is 92.0. The number of ether oxygens (including phenoxy) is 1. The zero-order valence-electron chi connectivity index (χ0n) is 72.4. The highest BCUT2D eigenvalue weighted by Gasteiger charge is 2.30. The Kier molecular flexibility index (Phi) is 34.7. The summed E-state index contributed by atoms with van der Waals surface area (Å²) in [7, 11) is 0. The smallest absolute Gasteiger partial charge is 0.176 e. The van der Waals surface area contributed by atoms with Crippen molar-refractivity contribution in [2.75, 3.05) is 18.5 Å². The van der Waals surface area contributed by atoms with E-state index in [-0.39, 0.29) is 53.4 Å². The number of benzene rings is 9. The largest absolute Gasteiger partial charge is 0.499 e. The van der Waals surface area contributed by atoms with Gasteiger partial charge in [0.1, 0.15) is 0 Å². The lowest BCUT2D eigenvalue weighted by molar-refractivity contribution is 0.0859. The molecule has 4 heterocycles. The van der Waals surface area contributed by atoms with Crippen molar-refractivity contribution in [1.82, 2.24) is 0 Å². The van der Waals surface area contributed by atoms with Crippen LogP contribution in [0.4, 0.5) is 11.4 Å². The molecule has 1 fully saturated rings. The number of Topliss-reactive ketones (excluding diaryl/α,β-unsaturated/α-hetero) is 4. The molecule has 4 atom stereocenters. The summed E-state index contributed by atoms with van der Waals surface area (Å²) >= 11 is 6.33. The Morgan fingerprint density at radius 2 is 0.820 bits per heavy atom. The summed E-state index contributed by atoms with van der Waals surface area (Å²) in [6, 6.07) is 94.3. The van der Waals surface area contributed by atoms with E-state index in [0.717, 1.165) is 143 Å². The van der Waals surface area contributed by atoms with Crippen LogP contribution in [0.1, 0.15) is 232 Å². The minimum Gasteiger partial charge on any atom is -0.499 e. The van der Waals surface area contributed by atoms with Crippen molar-refractivity contribution in [2.45, 2.75) is 164 Å². The van der Waals surface area contributed by atoms with E-state index in [0.29, 0.717) is 37.2 Å². The zero-order valence-corrected chi connectivity index (χ0v) is 75.6. The number of hydrogen-bond acceptors (Lipinski definition) is 12. The van der Waals surface area contributed by atoms with Crippen molar-refractivity contribution < 1.29 is 34.1 Å². The van der Waals surface area contributed by atoms with E-state index < -0.39 is 6.10 Å². The molecule has 1 aliphatic rings. The summed E-state index contributed by atoms with van der Waals surface area (Å²) in [4.78, 5) is 59.0. The van der Waals surface area contributed by atoms with Gasteiger partial charge >= 0.3 is 0 Å². The van der Waals surface area contributed by atoms with Gasteiger partial charge in [-0.2, -0.15) is 0 Å². The summed E-state index contributed by atoms with van der Waals surface area (Å²) < 4.78 is 5.59. The predicted octanol–water partition coefficient (Wildman–Crippen LogP) is 29.1. The quantitative estimate of drug-likeness (QED) is 0.0211. The molecule has 628 valence electrons. The molecule has 0 aliphatic heterocycles. The molecule has 13 aromatic rings. The van der Waals surface area contributed by atoms with Crippen LogP contribution in [-0.4, -0.2) is 46.6 Å². The van der Waals surface area contributed by atoms with Gasteiger partial charge in [0.15, 0.2) is 23.1 Å². The topological polar surface area (TPSA) is 130 Å². The second kappa shape index (κ2) is 46.0. The lowest BCUT2D eigenvalue weighted by atomic mass is 9.79. The maximum absolute atomic E-state index is 13.2. The normalized spacial score (nSPS) is 13.9. The standard InChI is InChI=1S/C30H34O3S.C28H27NO2S.C26H30OS.C26H26OS/c1-4-33-21(3)24-11-13-25(14-12-24)30(32)29-16-15-28(34-29)27-10-6-8-23(19-27)17-22-7-5-9-26(18-22)20(2)31;1-20(18-22-6-3-2-4-7-22)28(31)27-15-14-26(32-27)23-8-5-9-25(19-23)29-24-12-10-21(11-13-24)16-17-30;2*1-5-8-19(4)26(27)25-14-13-24(28-25)23-12-7-10-21(17-23)15-20-9-6-11-22(16-20)18(2)3/h5-10,15-16,18-20,24-25,31H,3-4,11-14,17H2,1-2H3;2-15,19-20,29-30H,16-18H2,1H3;6-7,9-14,16-19H,5,8,15H2,1-4H3;1,6-7,9-14,16-19H,8,15H2,2-4H3. The van der Waals surface area contributed by atoms with E-state index in [4.69, 9.17) is 16.3 Å². The first-order valence-corrected chi connectivity index (χ1v) is 46.4. The van der Waals surface area contributed by atoms with Crippen molar-refractivity contribution in [1.29, 1.82) is 0 Å². The van der Waals surface area contributed by atoms with Crippen LogP contribution in [0.15, 0.2) is 285 Å². The van der Waals surface area contributed by atoms with E-state index in [1.54, 1.807) is 52.3 Å². The molecular formula is C110H117NO7S4. The van der Waals surface area contributed by atoms with Crippen molar-refractivity contribution in [2.24, 2.45) is 29.6 Å². The van der Waals surface area contributed by atoms with Crippen LogP contribution in [0.5, 0.6) is 0 Å². The molecule has 4 aromatic heterocycles. The molecule has 122 heavy (non-hydrogen) atoms. The number of allylic oxidation sites excluding steroid dienone is 1. The number of carbonyl (C=O) groups excluding carboxylic acids is 4. The maximum Gasteiger partial charge on any atom is 0.176 e. The fourth-order valence-corrected chi connectivity index (χ4v) is 19.6. The van der Waals surface area contributed by atoms with Gasteiger partial charge in [0.2, 0.25) is 0 Å². The first-order valence-electron chi connectivity index (χ1n) is 43.2. The molecule has 1 saturated carbocycles. The number of aliphatic hydroxyl groups excluding tert-OH is 2. The van der Waals surface area contributed by atoms with Gasteiger partial charge in [0.25, 0.3) is 0 Å². The van der Waals surface area contributed by atoms with E-state index >= 15 is 0 Å². The van der Waals surface area contributed by atoms with Gasteiger partial charge in [-0.15, -0.1) is 57.7 Å². The average Bonchev–Trinajstić information content (AvgIpc) is 1.69. The summed E-state index contributed by atoms with van der Waals surface area (Å²) in [5.41, 5.74) is 20.2. The van der Waals surface area contributed by atoms with Gasteiger partial charge in [0.05, 0.1) is 38.0 Å². The molecule has 14 rings (SSSR count). The maximum atomic E-state index is 13.2. The SMILES string of the molecule is C#CCC(C)C(=O)c1ccc(-c2cccc(Cc3cccc(C(C)C)c3)c2)s1.C=C(OCC)C1CCC(C(=O)c2ccc(-c3cccc(Cc4cccc(C(C)O)c4)c3)s2)CC1.CC(Cc1ccccc1)C(=O)c1ccc(-c2cccc(Nc3ccc(CCO)cc3)c2)s1.CCCC(C)C(=O)c1ccc(-c2cccc(Cc3cccc(C(C)C)c3)c2)s1. The third-order valence-electron chi connectivity index (χ3n) is 22.5. The number of thiophene rings is 4. The molecule has 3 N–H and O–H groups in total. The molecule has 0 spiro atoms. The van der Waals surface area contributed by atoms with Crippen LogP contribution in [0, 0.1) is 41.9 Å². The number of terminal acetylenes is 1. The molecule has 12 heteroatoms. The van der Waals surface area contributed by atoms with Crippen molar-refractivity contribution in [3.05, 3.63) is 366 Å². The number of anilines is 2. The molecule has 9 aromatic carbocycles. The van der Waals surface area contributed by atoms with Gasteiger partial charge in [-0.05, 0) is 246 Å². The van der Waals surface area contributed by atoms with Crippen LogP contribution in [0.2, 0.25) is 0 Å². The van der Waals surface area contributed by atoms with Crippen LogP contribution in [-0.2, 0) is 36.8 Å². The van der Waals surface area contributed by atoms with Gasteiger partial charge in [-0.25, -0.2) is 0 Å². The van der Waals surface area contributed by atoms with E-state index in [1.165, 1.54) is 60.5 Å². The van der Waals surface area contributed by atoms with Gasteiger partial charge in [0, 0.05) is 73.5 Å². The minimum absolute atomic E-state index is 0.0503. The Bertz CT molecular complexity index is 5620. The highest BCUT2D eigenvalue weighted by Crippen LogP contribution is 2.40. The van der Waals surface area contributed by atoms with E-state index in [9.17, 15) is 24.3 Å². The Balaban J connectivity index is 0.000000159. The van der Waals surface area contributed by atoms with Crippen LogP contribution >= 0.6 is 45.3 Å². The van der Waals surface area contributed by atoms with E-state index in [2.05, 4.69) is 222 Å². The Labute approximate surface area is 740 Å². The van der Waals surface area contributed by atoms with Crippen LogP contribution in [0.3, 0.4) is 0 Å². The fourth-order valence-electron chi connectivity index (χ4n) is 15.4. The molecule has 0 saturated heterocycles. The Morgan fingerprint density at radius 3 is 1.26 bits per heavy atom. The van der Waals surface area contributed by atoms with Crippen LogP contribution in [0.25, 0.3) is 41.8 Å². The summed E-state index contributed by atoms with van der Waals surface area (Å²) in [5.74, 6) is 5.84. The van der Waals surface area contributed by atoms with Gasteiger partial charge in [-0.3, -0.25) is 19.2 Å². The average molecular weight is 1690 g/mol. The number of ketones is 4. The van der Waals surface area contributed by atoms with Gasteiger partial charge in [-0.1, -0.05) is 269 Å². The lowest BCUT2D eigenvalue weighted by Crippen LogP contribution is -2.22. The zero-order chi connectivity index (χ0) is 86.6. The molecule has 8 nitrogen and oxygen atoms in total. The molecule has 4 unspecified atom stereocenters. The summed E-state index contributed by atoms with van der Waals surface area (Å²) in [6.07, 6.45) is 15.2. The predicted molar refractivity (Wildman–Crippen MR) is 516 cm³/mol. The molecule has 1 aliphatic carbocycles. The van der Waals surface area contributed by atoms with Gasteiger partial charge < -0.3 is 20.3 Å². The van der Waals surface area contributed by atoms with Crippen molar-refractivity contribution >= 4 is 79.9 Å². The molecule has 0 bridgehead atoms. The second-order valence-electron chi connectivity index (χ2n) is 32.9. The number of hydrogen-bond donors (Lipinski definition) is 3. The highest BCUT2D eigenvalue weighted by molar-refractivity contribution is 7.18. The number of nitrogens with one attached hydrogen (secondary N) is 1. The van der Waals surface area contributed by atoms with E-state index in [1.807, 2.05) is 131 Å². The second-order valence-corrected chi connectivity index (χ2v) is 37.2. The molecule has 0 amide bonds. The highest BCUT2D eigenvalue weighted by atomic mass is 32.1. The number of carbonyl (C=O) groups is 4. The Morgan fingerprint density at radius 1 is 0.426 bits per heavy atom. The summed E-state index contributed by atoms with van der Waals surface area (Å²) in [6.45, 7) is 25.6. The number of aliphatic hydroxyl groups is 2. The first-order chi connectivity index (χ1) is 59.0.